The molecule has 2 atom stereocenters. The van der Waals surface area contributed by atoms with E-state index in [0.717, 1.165) is 87.9 Å². The first kappa shape index (κ1) is 34.3. The van der Waals surface area contributed by atoms with Gasteiger partial charge in [-0.3, -0.25) is 9.59 Å². The minimum Gasteiger partial charge on any atom is -0.453 e. The van der Waals surface area contributed by atoms with Gasteiger partial charge in [-0.15, -0.1) is 0 Å². The van der Waals surface area contributed by atoms with Crippen LogP contribution in [0.5, 0.6) is 0 Å². The maximum Gasteiger partial charge on any atom is 0.407 e. The quantitative estimate of drug-likeness (QED) is 0.0648. The molecular weight excluding hydrogens is 664 g/mol. The molecule has 2 fully saturated rings. The molecule has 2 aliphatic rings. The van der Waals surface area contributed by atoms with Gasteiger partial charge in [0.15, 0.2) is 0 Å². The summed E-state index contributed by atoms with van der Waals surface area (Å²) in [4.78, 5) is 69.8. The Hall–Kier alpha value is -6.20. The molecule has 2 aliphatic heterocycles. The Morgan fingerprint density at radius 1 is 0.904 bits per heavy atom. The number of methoxy groups -OCH3 is 1. The third-order valence-electron chi connectivity index (χ3n) is 9.39. The minimum absolute atomic E-state index is 0.0224. The van der Waals surface area contributed by atoms with Crippen LogP contribution in [0.25, 0.3) is 33.1 Å². The highest BCUT2D eigenvalue weighted by Gasteiger charge is 2.33. The van der Waals surface area contributed by atoms with Crippen LogP contribution in [0.3, 0.4) is 0 Å². The molecule has 0 spiro atoms. The average Bonchev–Trinajstić information content (AvgIpc) is 4.00. The van der Waals surface area contributed by atoms with Crippen LogP contribution < -0.4 is 5.32 Å². The minimum atomic E-state index is -0.636. The first-order valence-electron chi connectivity index (χ1n) is 17.1. The molecule has 0 saturated carbocycles. The Morgan fingerprint density at radius 3 is 2.40 bits per heavy atom. The lowest BCUT2D eigenvalue weighted by Gasteiger charge is -2.23. The predicted molar refractivity (Wildman–Crippen MR) is 193 cm³/mol. The molecule has 3 aromatic carbocycles. The zero-order valence-electron chi connectivity index (χ0n) is 28.8. The highest BCUT2D eigenvalue weighted by Crippen LogP contribution is 2.33. The Bertz CT molecular complexity index is 2210. The summed E-state index contributed by atoms with van der Waals surface area (Å²) in [6.45, 7) is 1.11. The molecule has 0 unspecified atom stereocenters. The summed E-state index contributed by atoms with van der Waals surface area (Å²) in [7, 11) is 2.64. The third-order valence-corrected chi connectivity index (χ3v) is 9.39. The van der Waals surface area contributed by atoms with Gasteiger partial charge >= 0.3 is 6.09 Å². The smallest absolute Gasteiger partial charge is 0.407 e. The normalized spacial score (nSPS) is 17.1. The SMILES string of the molecule is COOC=NCC(=O)N1CCC[C@H]1c1nc2ccc(C#Cc3ccc4cc(-c5cnc([C@@H]6CCCN6C(=O)CNC(=O)OC)[nH]5)ccc4c3)cc2[nH]1. The van der Waals surface area contributed by atoms with Crippen molar-refractivity contribution >= 4 is 46.1 Å². The molecule has 2 saturated heterocycles. The van der Waals surface area contributed by atoms with Crippen molar-refractivity contribution in [2.24, 2.45) is 4.99 Å². The number of aromatic amines is 2. The van der Waals surface area contributed by atoms with Crippen molar-refractivity contribution < 1.29 is 28.9 Å². The van der Waals surface area contributed by atoms with Crippen LogP contribution in [-0.2, 0) is 24.1 Å². The molecule has 0 bridgehead atoms. The number of H-pyrrole nitrogens is 2. The second-order valence-electron chi connectivity index (χ2n) is 12.6. The summed E-state index contributed by atoms with van der Waals surface area (Å²) in [6, 6.07) is 17.9. The maximum atomic E-state index is 12.8. The Kier molecular flexibility index (Phi) is 10.1. The number of hydrogen-bond acceptors (Lipinski definition) is 9. The average molecular weight is 703 g/mol. The van der Waals surface area contributed by atoms with Gasteiger partial charge in [-0.1, -0.05) is 30.0 Å². The second kappa shape index (κ2) is 15.4. The molecule has 266 valence electrons. The van der Waals surface area contributed by atoms with E-state index >= 15 is 0 Å². The molecule has 4 heterocycles. The molecule has 2 aromatic heterocycles. The summed E-state index contributed by atoms with van der Waals surface area (Å²) < 4.78 is 4.58. The largest absolute Gasteiger partial charge is 0.453 e. The number of carbonyl (C=O) groups excluding carboxylic acids is 3. The van der Waals surface area contributed by atoms with Crippen LogP contribution >= 0.6 is 0 Å². The molecule has 3 amide bonds. The zero-order chi connectivity index (χ0) is 36.0. The van der Waals surface area contributed by atoms with Gasteiger partial charge in [-0.05, 0) is 72.9 Å². The molecule has 0 aliphatic carbocycles. The molecule has 7 rings (SSSR count). The summed E-state index contributed by atoms with van der Waals surface area (Å²) in [5.41, 5.74) is 5.26. The number of alkyl carbamates (subject to hydrolysis) is 1. The van der Waals surface area contributed by atoms with Crippen LogP contribution in [0.15, 0.2) is 65.8 Å². The van der Waals surface area contributed by atoms with Gasteiger partial charge in [0.2, 0.25) is 18.2 Å². The number of likely N-dealkylation sites (tertiary alicyclic amines) is 2. The molecule has 3 N–H and O–H groups in total. The third kappa shape index (κ3) is 7.45. The van der Waals surface area contributed by atoms with Crippen LogP contribution in [0.2, 0.25) is 0 Å². The van der Waals surface area contributed by atoms with Crippen LogP contribution in [0.1, 0.15) is 60.5 Å². The van der Waals surface area contributed by atoms with Crippen molar-refractivity contribution in [2.45, 2.75) is 37.8 Å². The van der Waals surface area contributed by atoms with E-state index in [0.29, 0.717) is 13.1 Å². The van der Waals surface area contributed by atoms with E-state index in [4.69, 9.17) is 4.98 Å². The lowest BCUT2D eigenvalue weighted by molar-refractivity contribution is -0.188. The zero-order valence-corrected chi connectivity index (χ0v) is 28.8. The van der Waals surface area contributed by atoms with E-state index in [2.05, 4.69) is 75.9 Å². The lowest BCUT2D eigenvalue weighted by Crippen LogP contribution is -2.40. The fourth-order valence-electron chi connectivity index (χ4n) is 6.85. The van der Waals surface area contributed by atoms with Crippen molar-refractivity contribution in [3.8, 4) is 23.1 Å². The molecule has 14 nitrogen and oxygen atoms in total. The van der Waals surface area contributed by atoms with E-state index < -0.39 is 6.09 Å². The number of benzene rings is 3. The van der Waals surface area contributed by atoms with Crippen molar-refractivity contribution in [3.05, 3.63) is 83.6 Å². The van der Waals surface area contributed by atoms with Crippen molar-refractivity contribution in [1.29, 1.82) is 0 Å². The van der Waals surface area contributed by atoms with E-state index in [1.807, 2.05) is 30.3 Å². The molecule has 14 heteroatoms. The van der Waals surface area contributed by atoms with Crippen molar-refractivity contribution in [3.63, 3.8) is 0 Å². The number of amides is 3. The number of rotatable bonds is 9. The van der Waals surface area contributed by atoms with E-state index in [1.54, 1.807) is 16.0 Å². The first-order valence-corrected chi connectivity index (χ1v) is 17.1. The standard InChI is InChI=1S/C38H38N8O6/c1-50-38(49)41-22-35(48)45-15-3-5-32(45)36-40-20-31(44-36)28-13-12-26-17-24(9-11-27(26)19-28)7-8-25-10-14-29-30(18-25)43-37(42-29)33-6-4-16-46(33)34(47)21-39-23-52-51-2/h9-14,17-20,23,32-33H,3-6,15-16,21-22H2,1-2H3,(H,40,44)(H,41,49)(H,42,43)/t32-,33-/m0/s1. The van der Waals surface area contributed by atoms with Crippen molar-refractivity contribution in [2.75, 3.05) is 40.4 Å². The van der Waals surface area contributed by atoms with E-state index in [-0.39, 0.29) is 37.0 Å². The predicted octanol–water partition coefficient (Wildman–Crippen LogP) is 4.80. The number of nitrogens with zero attached hydrogens (tertiary/aromatic N) is 5. The topological polar surface area (TPSA) is 167 Å². The van der Waals surface area contributed by atoms with Gasteiger partial charge in [0.1, 0.15) is 24.7 Å². The molecule has 0 radical (unpaired) electrons. The maximum absolute atomic E-state index is 12.8. The second-order valence-corrected chi connectivity index (χ2v) is 12.6. The Labute approximate surface area is 299 Å². The molecule has 5 aromatic rings. The number of ether oxygens (including phenoxy) is 1. The number of aliphatic imine (C=N–C) groups is 1. The fourth-order valence-corrected chi connectivity index (χ4v) is 6.85. The van der Waals surface area contributed by atoms with Crippen molar-refractivity contribution in [1.82, 2.24) is 35.1 Å². The van der Waals surface area contributed by atoms with E-state index in [1.165, 1.54) is 14.2 Å². The van der Waals surface area contributed by atoms with Gasteiger partial charge in [0.05, 0.1) is 49.2 Å². The first-order chi connectivity index (χ1) is 25.4. The highest BCUT2D eigenvalue weighted by molar-refractivity contribution is 5.88. The van der Waals surface area contributed by atoms with E-state index in [9.17, 15) is 14.4 Å². The Balaban J connectivity index is 1.02. The number of aromatic nitrogens is 4. The Morgan fingerprint density at radius 2 is 1.62 bits per heavy atom. The molecular formula is C38H38N8O6. The van der Waals surface area contributed by atoms with Gasteiger partial charge in [-0.25, -0.2) is 19.8 Å². The van der Waals surface area contributed by atoms with Gasteiger partial charge in [0.25, 0.3) is 0 Å². The van der Waals surface area contributed by atoms with Crippen LogP contribution in [0.4, 0.5) is 4.79 Å². The number of carbonyl (C=O) groups is 3. The lowest BCUT2D eigenvalue weighted by atomic mass is 10.0. The number of fused-ring (bicyclic) bond motifs is 2. The highest BCUT2D eigenvalue weighted by atomic mass is 17.2. The van der Waals surface area contributed by atoms with Crippen LogP contribution in [-0.4, -0.2) is 94.4 Å². The summed E-state index contributed by atoms with van der Waals surface area (Å²) in [6.07, 6.45) is 5.64. The molecule has 52 heavy (non-hydrogen) atoms. The van der Waals surface area contributed by atoms with Gasteiger partial charge in [0, 0.05) is 29.8 Å². The number of hydrogen-bond donors (Lipinski definition) is 3. The number of nitrogens with one attached hydrogen (secondary N) is 3. The summed E-state index contributed by atoms with van der Waals surface area (Å²) in [5, 5.41) is 4.58. The van der Waals surface area contributed by atoms with Gasteiger partial charge < -0.3 is 34.7 Å². The number of imidazole rings is 2. The van der Waals surface area contributed by atoms with Gasteiger partial charge in [-0.2, -0.15) is 4.89 Å². The monoisotopic (exact) mass is 702 g/mol. The fraction of sp³-hybridized carbons (Fsp3) is 0.316. The summed E-state index contributed by atoms with van der Waals surface area (Å²) in [5.74, 6) is 7.78. The van der Waals surface area contributed by atoms with Crippen LogP contribution in [0, 0.1) is 11.8 Å². The summed E-state index contributed by atoms with van der Waals surface area (Å²) >= 11 is 0.